The van der Waals surface area contributed by atoms with Crippen LogP contribution >= 0.6 is 0 Å². The number of pyridine rings is 1. The molecule has 0 spiro atoms. The van der Waals surface area contributed by atoms with E-state index in [0.29, 0.717) is 22.8 Å². The van der Waals surface area contributed by atoms with Crippen LogP contribution in [-0.2, 0) is 16.2 Å². The van der Waals surface area contributed by atoms with Crippen molar-refractivity contribution in [2.45, 2.75) is 53.2 Å². The van der Waals surface area contributed by atoms with Crippen LogP contribution in [0.2, 0.25) is 0 Å². The Balaban J connectivity index is 1.98. The Bertz CT molecular complexity index is 1190. The second-order valence-corrected chi connectivity index (χ2v) is 8.10. The van der Waals surface area contributed by atoms with Gasteiger partial charge < -0.3 is 14.2 Å². The van der Waals surface area contributed by atoms with Gasteiger partial charge in [0, 0.05) is 30.0 Å². The van der Waals surface area contributed by atoms with E-state index in [0.717, 1.165) is 16.5 Å². The highest BCUT2D eigenvalue weighted by atomic mass is 16.5. The smallest absolute Gasteiger partial charge is 0.166 e. The average Bonchev–Trinajstić information content (AvgIpc) is 2.85. The first-order chi connectivity index (χ1) is 16.4. The molecule has 0 amide bonds. The Kier molecular flexibility index (Phi) is 8.41. The number of methoxy groups -OCH3 is 1. The van der Waals surface area contributed by atoms with Crippen LogP contribution in [-0.4, -0.2) is 29.8 Å². The molecule has 3 aromatic rings. The fourth-order valence-electron chi connectivity index (χ4n) is 3.53. The summed E-state index contributed by atoms with van der Waals surface area (Å²) in [5.41, 5.74) is 2.44. The lowest BCUT2D eigenvalue weighted by molar-refractivity contribution is -0.121. The molecule has 0 aliphatic carbocycles. The van der Waals surface area contributed by atoms with E-state index in [1.54, 1.807) is 33.2 Å². The summed E-state index contributed by atoms with van der Waals surface area (Å²) in [5, 5.41) is 0.840. The number of hydrogen-bond donors (Lipinski definition) is 0. The number of hydrogen-bond acceptors (Lipinski definition) is 6. The maximum Gasteiger partial charge on any atom is 0.166 e. The van der Waals surface area contributed by atoms with Crippen molar-refractivity contribution >= 4 is 28.5 Å². The number of carbonyl (C=O) groups excluding carboxylic acids is 2. The second kappa shape index (κ2) is 11.5. The van der Waals surface area contributed by atoms with Gasteiger partial charge in [-0.15, -0.1) is 0 Å². The van der Waals surface area contributed by atoms with Crippen molar-refractivity contribution in [3.8, 4) is 17.2 Å². The average molecular weight is 462 g/mol. The van der Waals surface area contributed by atoms with Gasteiger partial charge in [0.2, 0.25) is 0 Å². The summed E-state index contributed by atoms with van der Waals surface area (Å²) in [6, 6.07) is 13.0. The van der Waals surface area contributed by atoms with Crippen LogP contribution in [0.3, 0.4) is 0 Å². The topological polar surface area (TPSA) is 74.7 Å². The zero-order chi connectivity index (χ0) is 24.7. The van der Waals surface area contributed by atoms with E-state index in [9.17, 15) is 9.59 Å². The zero-order valence-corrected chi connectivity index (χ0v) is 20.4. The van der Waals surface area contributed by atoms with Gasteiger partial charge in [0.25, 0.3) is 0 Å². The Morgan fingerprint density at radius 2 is 1.74 bits per heavy atom. The molecule has 0 atom stereocenters. The number of nitrogens with zero attached hydrogens (tertiary/aromatic N) is 1. The van der Waals surface area contributed by atoms with Gasteiger partial charge in [0.15, 0.2) is 11.6 Å². The predicted octanol–water partition coefficient (Wildman–Crippen LogP) is 5.95. The van der Waals surface area contributed by atoms with E-state index < -0.39 is 0 Å². The molecule has 0 N–H and O–H groups in total. The van der Waals surface area contributed by atoms with E-state index in [-0.39, 0.29) is 42.7 Å². The summed E-state index contributed by atoms with van der Waals surface area (Å²) in [6.45, 7) is 7.63. The Morgan fingerprint density at radius 1 is 1.03 bits per heavy atom. The van der Waals surface area contributed by atoms with Gasteiger partial charge in [-0.3, -0.25) is 14.6 Å². The molecule has 0 radical (unpaired) electrons. The van der Waals surface area contributed by atoms with Gasteiger partial charge in [-0.25, -0.2) is 0 Å². The first-order valence-electron chi connectivity index (χ1n) is 11.5. The maximum absolute atomic E-state index is 12.4. The standard InChI is InChI=1S/C28H31NO5/c1-6-25(30)23(26(31)7-2)14-19-10-8-9-11-27(19)33-17-20-16-29-24-13-12-21(32-5)15-22(24)28(20)34-18(3)4/h8-16,18H,6-7,17H2,1-5H3. The molecule has 1 aromatic heterocycles. The lowest BCUT2D eigenvalue weighted by atomic mass is 9.99. The molecule has 0 fully saturated rings. The van der Waals surface area contributed by atoms with Crippen LogP contribution in [0.5, 0.6) is 17.2 Å². The molecule has 0 aliphatic heterocycles. The fraction of sp³-hybridized carbons (Fsp3) is 0.321. The van der Waals surface area contributed by atoms with E-state index in [4.69, 9.17) is 14.2 Å². The molecule has 6 nitrogen and oxygen atoms in total. The van der Waals surface area contributed by atoms with Gasteiger partial charge in [-0.2, -0.15) is 0 Å². The highest BCUT2D eigenvalue weighted by Crippen LogP contribution is 2.33. The summed E-state index contributed by atoms with van der Waals surface area (Å²) < 4.78 is 17.7. The number of Topliss-reactive ketones (excluding diaryl/α,β-unsaturated/α-hetero) is 2. The molecule has 1 heterocycles. The highest BCUT2D eigenvalue weighted by molar-refractivity contribution is 6.23. The number of aromatic nitrogens is 1. The van der Waals surface area contributed by atoms with Crippen LogP contribution in [0.4, 0.5) is 0 Å². The fourth-order valence-corrected chi connectivity index (χ4v) is 3.53. The molecule has 0 unspecified atom stereocenters. The first kappa shape index (κ1) is 25.0. The van der Waals surface area contributed by atoms with Crippen molar-refractivity contribution in [3.63, 3.8) is 0 Å². The number of ketones is 2. The normalized spacial score (nSPS) is 10.8. The van der Waals surface area contributed by atoms with Crippen molar-refractivity contribution in [2.24, 2.45) is 0 Å². The molecule has 0 saturated carbocycles. The van der Waals surface area contributed by atoms with E-state index >= 15 is 0 Å². The predicted molar refractivity (Wildman–Crippen MR) is 133 cm³/mol. The summed E-state index contributed by atoms with van der Waals surface area (Å²) in [4.78, 5) is 29.3. The van der Waals surface area contributed by atoms with Crippen molar-refractivity contribution in [3.05, 3.63) is 65.4 Å². The lowest BCUT2D eigenvalue weighted by Gasteiger charge is -2.18. The number of para-hydroxylation sites is 1. The summed E-state index contributed by atoms with van der Waals surface area (Å²) in [7, 11) is 1.62. The molecule has 2 aromatic carbocycles. The number of rotatable bonds is 11. The highest BCUT2D eigenvalue weighted by Gasteiger charge is 2.17. The Morgan fingerprint density at radius 3 is 2.38 bits per heavy atom. The van der Waals surface area contributed by atoms with Gasteiger partial charge in [-0.05, 0) is 44.2 Å². The molecular formula is C28H31NO5. The minimum absolute atomic E-state index is 0.0477. The van der Waals surface area contributed by atoms with E-state index in [1.165, 1.54) is 0 Å². The summed E-state index contributed by atoms with van der Waals surface area (Å²) in [6.07, 6.45) is 3.86. The van der Waals surface area contributed by atoms with Crippen molar-refractivity contribution in [2.75, 3.05) is 7.11 Å². The molecule has 0 bridgehead atoms. The van der Waals surface area contributed by atoms with Gasteiger partial charge >= 0.3 is 0 Å². The van der Waals surface area contributed by atoms with Gasteiger partial charge in [0.1, 0.15) is 23.9 Å². The lowest BCUT2D eigenvalue weighted by Crippen LogP contribution is -2.11. The number of benzene rings is 2. The Labute approximate surface area is 200 Å². The number of allylic oxidation sites excluding steroid dienone is 1. The minimum Gasteiger partial charge on any atom is -0.497 e. The van der Waals surface area contributed by atoms with Crippen molar-refractivity contribution in [1.82, 2.24) is 4.98 Å². The molecule has 34 heavy (non-hydrogen) atoms. The summed E-state index contributed by atoms with van der Waals surface area (Å²) in [5.74, 6) is 1.61. The van der Waals surface area contributed by atoms with Crippen LogP contribution in [0.15, 0.2) is 54.2 Å². The summed E-state index contributed by atoms with van der Waals surface area (Å²) >= 11 is 0. The molecule has 6 heteroatoms. The third-order valence-corrected chi connectivity index (χ3v) is 5.30. The molecular weight excluding hydrogens is 430 g/mol. The van der Waals surface area contributed by atoms with Crippen LogP contribution in [0, 0.1) is 0 Å². The van der Waals surface area contributed by atoms with Crippen LogP contribution in [0.25, 0.3) is 17.0 Å². The monoisotopic (exact) mass is 461 g/mol. The SMILES string of the molecule is CCC(=O)C(=Cc1ccccc1OCc1cnc2ccc(OC)cc2c1OC(C)C)C(=O)CC. The second-order valence-electron chi connectivity index (χ2n) is 8.10. The van der Waals surface area contributed by atoms with E-state index in [2.05, 4.69) is 4.98 Å². The Hall–Kier alpha value is -3.67. The quantitative estimate of drug-likeness (QED) is 0.199. The number of fused-ring (bicyclic) bond motifs is 1. The number of ether oxygens (including phenoxy) is 3. The van der Waals surface area contributed by atoms with Gasteiger partial charge in [0.05, 0.1) is 29.9 Å². The van der Waals surface area contributed by atoms with Crippen LogP contribution < -0.4 is 14.2 Å². The zero-order valence-electron chi connectivity index (χ0n) is 20.4. The van der Waals surface area contributed by atoms with E-state index in [1.807, 2.05) is 56.3 Å². The molecule has 0 aliphatic rings. The third kappa shape index (κ3) is 5.81. The molecule has 3 rings (SSSR count). The van der Waals surface area contributed by atoms with Crippen LogP contribution in [0.1, 0.15) is 51.7 Å². The van der Waals surface area contributed by atoms with Crippen molar-refractivity contribution < 1.29 is 23.8 Å². The van der Waals surface area contributed by atoms with Crippen molar-refractivity contribution in [1.29, 1.82) is 0 Å². The third-order valence-electron chi connectivity index (χ3n) is 5.30. The minimum atomic E-state index is -0.179. The maximum atomic E-state index is 12.4. The molecule has 178 valence electrons. The first-order valence-corrected chi connectivity index (χ1v) is 11.5. The largest absolute Gasteiger partial charge is 0.497 e. The molecule has 0 saturated heterocycles. The number of carbonyl (C=O) groups is 2. The van der Waals surface area contributed by atoms with Gasteiger partial charge in [-0.1, -0.05) is 32.0 Å².